The minimum absolute atomic E-state index is 0.0333. The molecule has 4 fully saturated rings. The van der Waals surface area contributed by atoms with E-state index in [0.29, 0.717) is 29.4 Å². The van der Waals surface area contributed by atoms with Crippen LogP contribution in [0.1, 0.15) is 100 Å². The zero-order valence-corrected chi connectivity index (χ0v) is 33.1. The van der Waals surface area contributed by atoms with Crippen molar-refractivity contribution in [2.75, 3.05) is 49.6 Å². The molecule has 2 N–H and O–H groups in total. The summed E-state index contributed by atoms with van der Waals surface area (Å²) in [6.07, 6.45) is 9.53. The van der Waals surface area contributed by atoms with Gasteiger partial charge in [-0.1, -0.05) is 24.6 Å². The van der Waals surface area contributed by atoms with Gasteiger partial charge in [0.1, 0.15) is 5.52 Å². The molecule has 3 saturated heterocycles. The van der Waals surface area contributed by atoms with E-state index < -0.39 is 5.41 Å². The number of likely N-dealkylation sites (tertiary alicyclic amines) is 2. The number of aryl methyl sites for hydroxylation is 1. The molecule has 9 rings (SSSR count). The second kappa shape index (κ2) is 14.3. The molecule has 11 heteroatoms. The number of piperidine rings is 2. The van der Waals surface area contributed by atoms with Crippen molar-refractivity contribution in [2.24, 2.45) is 0 Å². The molecule has 1 spiro atoms. The lowest BCUT2D eigenvalue weighted by molar-refractivity contribution is -0.128. The van der Waals surface area contributed by atoms with Crippen molar-refractivity contribution in [1.82, 2.24) is 29.7 Å². The van der Waals surface area contributed by atoms with Crippen molar-refractivity contribution in [3.8, 4) is 11.3 Å². The number of amides is 2. The lowest BCUT2D eigenvalue weighted by Gasteiger charge is -2.48. The predicted molar refractivity (Wildman–Crippen MR) is 217 cm³/mol. The minimum Gasteiger partial charge on any atom is -0.378 e. The lowest BCUT2D eigenvalue weighted by atomic mass is 9.73. The van der Waals surface area contributed by atoms with Gasteiger partial charge in [0.2, 0.25) is 5.91 Å². The molecule has 290 valence electrons. The van der Waals surface area contributed by atoms with E-state index in [4.69, 9.17) is 14.7 Å². The number of rotatable bonds is 9. The molecule has 2 aromatic carbocycles. The molecule has 5 aliphatic rings. The largest absolute Gasteiger partial charge is 0.378 e. The number of ether oxygens (including phenoxy) is 1. The number of anilines is 3. The zero-order chi connectivity index (χ0) is 38.0. The number of hydrogen-bond donors (Lipinski definition) is 2. The Morgan fingerprint density at radius 2 is 1.64 bits per heavy atom. The normalized spacial score (nSPS) is 23.0. The van der Waals surface area contributed by atoms with Crippen LogP contribution < -0.4 is 15.5 Å². The Morgan fingerprint density at radius 3 is 2.33 bits per heavy atom. The van der Waals surface area contributed by atoms with Gasteiger partial charge in [0.25, 0.3) is 5.91 Å². The number of imidazole rings is 1. The van der Waals surface area contributed by atoms with Gasteiger partial charge in [0.15, 0.2) is 5.82 Å². The SMILES string of the molecule is Cc1ccc(Nc2nc(-c3ccc4c(c3)N(C3CC(N5CCCCC5)C3)C(=O)C43CCN(C4COC4)CC3)cc3ncn(C(C)C)c23)cc1C(=O)NC(C)C. The van der Waals surface area contributed by atoms with E-state index in [2.05, 4.69) is 68.0 Å². The summed E-state index contributed by atoms with van der Waals surface area (Å²) in [6, 6.07) is 16.0. The molecule has 2 amide bonds. The van der Waals surface area contributed by atoms with Crippen molar-refractivity contribution >= 4 is 40.0 Å². The number of nitrogens with one attached hydrogen (secondary N) is 2. The molecule has 11 nitrogen and oxygen atoms in total. The maximum absolute atomic E-state index is 14.9. The van der Waals surface area contributed by atoms with Crippen LogP contribution in [0.3, 0.4) is 0 Å². The van der Waals surface area contributed by atoms with E-state index in [0.717, 1.165) is 91.2 Å². The van der Waals surface area contributed by atoms with E-state index in [1.165, 1.54) is 37.9 Å². The van der Waals surface area contributed by atoms with Crippen LogP contribution in [0.4, 0.5) is 17.2 Å². The number of nitrogens with zero attached hydrogens (tertiary/aromatic N) is 6. The highest BCUT2D eigenvalue weighted by molar-refractivity contribution is 6.09. The first-order valence-electron chi connectivity index (χ1n) is 20.7. The fraction of sp³-hybridized carbons (Fsp3) is 0.545. The van der Waals surface area contributed by atoms with Gasteiger partial charge in [-0.3, -0.25) is 14.5 Å². The van der Waals surface area contributed by atoms with Crippen molar-refractivity contribution in [3.05, 3.63) is 65.5 Å². The van der Waals surface area contributed by atoms with Gasteiger partial charge in [0, 0.05) is 46.7 Å². The fourth-order valence-electron chi connectivity index (χ4n) is 9.76. The molecule has 4 aromatic rings. The third-order valence-electron chi connectivity index (χ3n) is 13.1. The van der Waals surface area contributed by atoms with Gasteiger partial charge in [-0.2, -0.15) is 0 Å². The highest BCUT2D eigenvalue weighted by Crippen LogP contribution is 2.52. The van der Waals surface area contributed by atoms with Crippen molar-refractivity contribution < 1.29 is 14.3 Å². The smallest absolute Gasteiger partial charge is 0.251 e. The average Bonchev–Trinajstić information content (AvgIpc) is 3.66. The first-order valence-corrected chi connectivity index (χ1v) is 20.7. The zero-order valence-electron chi connectivity index (χ0n) is 33.1. The number of hydrogen-bond acceptors (Lipinski definition) is 8. The molecular formula is C44H56N8O3. The molecule has 0 atom stereocenters. The minimum atomic E-state index is -0.490. The molecule has 55 heavy (non-hydrogen) atoms. The highest BCUT2D eigenvalue weighted by atomic mass is 16.5. The van der Waals surface area contributed by atoms with Crippen molar-refractivity contribution in [1.29, 1.82) is 0 Å². The van der Waals surface area contributed by atoms with Gasteiger partial charge in [0.05, 0.1) is 42.2 Å². The third kappa shape index (κ3) is 6.42. The maximum atomic E-state index is 14.9. The summed E-state index contributed by atoms with van der Waals surface area (Å²) in [4.78, 5) is 45.6. The van der Waals surface area contributed by atoms with E-state index in [9.17, 15) is 9.59 Å². The number of pyridine rings is 1. The van der Waals surface area contributed by atoms with E-state index in [1.54, 1.807) is 0 Å². The molecule has 1 aliphatic carbocycles. The standard InChI is InChI=1S/C44H56N8O3/c1-27(2)46-42(53)35-20-31(11-9-29(35)5)47-41-40-38(45-26-51(40)28(3)4)23-37(48-41)30-10-12-36-39(19-30)52(33-21-32(22-33)49-15-7-6-8-16-49)43(54)44(36)13-17-50(18-14-44)34-24-55-25-34/h9-12,19-20,23,26-28,32-34H,6-8,13-18,21-22,24-25H2,1-5H3,(H,46,53)(H,47,48). The second-order valence-corrected chi connectivity index (χ2v) is 17.3. The third-order valence-corrected chi connectivity index (χ3v) is 13.1. The quantitative estimate of drug-likeness (QED) is 0.190. The first kappa shape index (κ1) is 36.3. The Hall–Kier alpha value is -4.32. The first-order chi connectivity index (χ1) is 26.6. The maximum Gasteiger partial charge on any atom is 0.251 e. The molecule has 0 radical (unpaired) electrons. The number of fused-ring (bicyclic) bond motifs is 3. The van der Waals surface area contributed by atoms with E-state index in [1.807, 2.05) is 45.3 Å². The van der Waals surface area contributed by atoms with Crippen LogP contribution in [0.2, 0.25) is 0 Å². The molecule has 2 aromatic heterocycles. The molecule has 0 unspecified atom stereocenters. The summed E-state index contributed by atoms with van der Waals surface area (Å²) in [7, 11) is 0. The van der Waals surface area contributed by atoms with Crippen LogP contribution >= 0.6 is 0 Å². The van der Waals surface area contributed by atoms with Crippen LogP contribution in [0, 0.1) is 6.92 Å². The van der Waals surface area contributed by atoms with Crippen LogP contribution in [0.5, 0.6) is 0 Å². The summed E-state index contributed by atoms with van der Waals surface area (Å²) < 4.78 is 7.67. The van der Waals surface area contributed by atoms with Crippen molar-refractivity contribution in [3.63, 3.8) is 0 Å². The number of carbonyl (C=O) groups is 2. The average molecular weight is 745 g/mol. The van der Waals surface area contributed by atoms with Gasteiger partial charge >= 0.3 is 0 Å². The lowest BCUT2D eigenvalue weighted by Crippen LogP contribution is -2.59. The summed E-state index contributed by atoms with van der Waals surface area (Å²) in [5.74, 6) is 0.879. The molecule has 1 saturated carbocycles. The summed E-state index contributed by atoms with van der Waals surface area (Å²) in [5.41, 5.74) is 7.59. The molecular weight excluding hydrogens is 689 g/mol. The Morgan fingerprint density at radius 1 is 0.891 bits per heavy atom. The van der Waals surface area contributed by atoms with Gasteiger partial charge in [-0.15, -0.1) is 0 Å². The van der Waals surface area contributed by atoms with E-state index >= 15 is 0 Å². The van der Waals surface area contributed by atoms with Gasteiger partial charge in [-0.25, -0.2) is 9.97 Å². The second-order valence-electron chi connectivity index (χ2n) is 17.3. The molecule has 0 bridgehead atoms. The van der Waals surface area contributed by atoms with Crippen LogP contribution in [-0.2, 0) is 14.9 Å². The molecule has 6 heterocycles. The Kier molecular flexibility index (Phi) is 9.46. The molecule has 4 aliphatic heterocycles. The Bertz CT molecular complexity index is 2100. The Balaban J connectivity index is 1.08. The van der Waals surface area contributed by atoms with E-state index in [-0.39, 0.29) is 24.0 Å². The highest BCUT2D eigenvalue weighted by Gasteiger charge is 2.56. The number of benzene rings is 2. The topological polar surface area (TPSA) is 108 Å². The van der Waals surface area contributed by atoms with Crippen LogP contribution in [-0.4, -0.2) is 99.7 Å². The summed E-state index contributed by atoms with van der Waals surface area (Å²) >= 11 is 0. The predicted octanol–water partition coefficient (Wildman–Crippen LogP) is 6.97. The number of aromatic nitrogens is 3. The monoisotopic (exact) mass is 744 g/mol. The van der Waals surface area contributed by atoms with Gasteiger partial charge in [-0.05, 0) is 135 Å². The van der Waals surface area contributed by atoms with Gasteiger partial charge < -0.3 is 29.7 Å². The van der Waals surface area contributed by atoms with Crippen molar-refractivity contribution in [2.45, 2.75) is 115 Å². The summed E-state index contributed by atoms with van der Waals surface area (Å²) in [6.45, 7) is 16.0. The van der Waals surface area contributed by atoms with Crippen LogP contribution in [0.25, 0.3) is 22.3 Å². The Labute approximate surface area is 324 Å². The summed E-state index contributed by atoms with van der Waals surface area (Å²) in [5, 5.41) is 6.62. The van der Waals surface area contributed by atoms with Crippen LogP contribution in [0.15, 0.2) is 48.8 Å². The fourth-order valence-corrected chi connectivity index (χ4v) is 9.76. The number of carbonyl (C=O) groups excluding carboxylic acids is 2.